The highest BCUT2D eigenvalue weighted by Crippen LogP contribution is 2.40. The second kappa shape index (κ2) is 7.72. The molecule has 0 saturated carbocycles. The molecular formula is C19H27F3N6O. The van der Waals surface area contributed by atoms with E-state index in [1.165, 1.54) is 6.20 Å². The van der Waals surface area contributed by atoms with E-state index in [4.69, 9.17) is 0 Å². The van der Waals surface area contributed by atoms with Gasteiger partial charge in [-0.3, -0.25) is 9.48 Å². The molecule has 2 N–H and O–H groups in total. The van der Waals surface area contributed by atoms with E-state index in [0.717, 1.165) is 21.6 Å². The van der Waals surface area contributed by atoms with Crippen LogP contribution in [0.25, 0.3) is 0 Å². The Balaban J connectivity index is 1.88. The predicted molar refractivity (Wildman–Crippen MR) is 103 cm³/mol. The largest absolute Gasteiger partial charge is 0.410 e. The number of hydrogen-bond donors (Lipinski definition) is 2. The summed E-state index contributed by atoms with van der Waals surface area (Å²) in [6, 6.07) is -2.46. The second-order valence-corrected chi connectivity index (χ2v) is 7.49. The molecule has 3 atom stereocenters. The van der Waals surface area contributed by atoms with Crippen molar-refractivity contribution in [2.75, 3.05) is 5.32 Å². The molecule has 10 heteroatoms. The zero-order chi connectivity index (χ0) is 21.5. The molecule has 0 fully saturated rings. The van der Waals surface area contributed by atoms with Crippen LogP contribution in [0.2, 0.25) is 0 Å². The van der Waals surface area contributed by atoms with Crippen LogP contribution in [0.3, 0.4) is 0 Å². The van der Waals surface area contributed by atoms with Crippen molar-refractivity contribution in [2.45, 2.75) is 78.3 Å². The lowest BCUT2D eigenvalue weighted by Crippen LogP contribution is -2.39. The topological polar surface area (TPSA) is 76.8 Å². The average molecular weight is 412 g/mol. The average Bonchev–Trinajstić information content (AvgIpc) is 3.20. The van der Waals surface area contributed by atoms with Gasteiger partial charge in [0.1, 0.15) is 11.4 Å². The molecule has 0 unspecified atom stereocenters. The van der Waals surface area contributed by atoms with Crippen molar-refractivity contribution in [3.05, 3.63) is 28.7 Å². The van der Waals surface area contributed by atoms with Gasteiger partial charge in [0, 0.05) is 23.8 Å². The minimum atomic E-state index is -4.43. The monoisotopic (exact) mass is 412 g/mol. The predicted octanol–water partition coefficient (Wildman–Crippen LogP) is 3.90. The van der Waals surface area contributed by atoms with Crippen LogP contribution in [0.15, 0.2) is 6.20 Å². The van der Waals surface area contributed by atoms with E-state index in [0.29, 0.717) is 13.0 Å². The van der Waals surface area contributed by atoms with Crippen LogP contribution < -0.4 is 10.6 Å². The Morgan fingerprint density at radius 3 is 2.62 bits per heavy atom. The zero-order valence-electron chi connectivity index (χ0n) is 17.3. The van der Waals surface area contributed by atoms with Crippen molar-refractivity contribution in [1.29, 1.82) is 0 Å². The molecule has 0 saturated heterocycles. The molecule has 1 amide bonds. The van der Waals surface area contributed by atoms with Gasteiger partial charge in [-0.15, -0.1) is 0 Å². The van der Waals surface area contributed by atoms with E-state index in [9.17, 15) is 18.0 Å². The molecule has 0 spiro atoms. The number of alkyl halides is 3. The number of carbonyl (C=O) groups excluding carboxylic acids is 1. The summed E-state index contributed by atoms with van der Waals surface area (Å²) in [5.41, 5.74) is 2.79. The summed E-state index contributed by atoms with van der Waals surface area (Å²) in [4.78, 5) is 12.9. The summed E-state index contributed by atoms with van der Waals surface area (Å²) in [5, 5.41) is 14.3. The highest BCUT2D eigenvalue weighted by molar-refractivity contribution is 5.99. The first kappa shape index (κ1) is 21.2. The van der Waals surface area contributed by atoms with Crippen LogP contribution in [0, 0.1) is 13.8 Å². The highest BCUT2D eigenvalue weighted by atomic mass is 19.4. The summed E-state index contributed by atoms with van der Waals surface area (Å²) in [6.07, 6.45) is -2.82. The number of rotatable bonds is 5. The lowest BCUT2D eigenvalue weighted by molar-refractivity contribution is -0.173. The van der Waals surface area contributed by atoms with E-state index < -0.39 is 18.1 Å². The first-order valence-corrected chi connectivity index (χ1v) is 9.83. The third-order valence-corrected chi connectivity index (χ3v) is 5.57. The molecule has 160 valence electrons. The molecule has 3 heterocycles. The molecule has 0 aliphatic carbocycles. The molecule has 0 aromatic carbocycles. The number of hydrogen-bond acceptors (Lipinski definition) is 4. The van der Waals surface area contributed by atoms with Crippen LogP contribution in [-0.2, 0) is 6.54 Å². The van der Waals surface area contributed by atoms with Crippen LogP contribution in [0.5, 0.6) is 0 Å². The Labute approximate surface area is 167 Å². The van der Waals surface area contributed by atoms with E-state index in [1.54, 1.807) is 0 Å². The van der Waals surface area contributed by atoms with Crippen molar-refractivity contribution < 1.29 is 18.0 Å². The molecule has 1 aliphatic rings. The lowest BCUT2D eigenvalue weighted by Gasteiger charge is -2.33. The van der Waals surface area contributed by atoms with Crippen LogP contribution in [-0.4, -0.2) is 37.7 Å². The number of halogens is 3. The van der Waals surface area contributed by atoms with Gasteiger partial charge < -0.3 is 10.6 Å². The molecule has 3 rings (SSSR count). The van der Waals surface area contributed by atoms with Crippen LogP contribution in [0.4, 0.5) is 19.0 Å². The fraction of sp³-hybridized carbons (Fsp3) is 0.632. The minimum absolute atomic E-state index is 0.110. The second-order valence-electron chi connectivity index (χ2n) is 7.49. The number of fused-ring (bicyclic) bond motifs is 1. The SMILES string of the molecule is CC[C@H]1C[C@@H](C(F)(F)F)n2ncc(C(=O)N[C@H](C)c3c(C)nn(CC)c3C)c2N1. The molecule has 2 aromatic heterocycles. The number of carbonyl (C=O) groups is 1. The van der Waals surface area contributed by atoms with Gasteiger partial charge in [-0.1, -0.05) is 6.92 Å². The number of nitrogens with one attached hydrogen (secondary N) is 2. The smallest absolute Gasteiger partial charge is 0.367 e. The van der Waals surface area contributed by atoms with Gasteiger partial charge >= 0.3 is 6.18 Å². The summed E-state index contributed by atoms with van der Waals surface area (Å²) in [5.74, 6) is -0.347. The Bertz CT molecular complexity index is 901. The van der Waals surface area contributed by atoms with Crippen LogP contribution >= 0.6 is 0 Å². The maximum atomic E-state index is 13.5. The Morgan fingerprint density at radius 1 is 1.38 bits per heavy atom. The molecule has 0 radical (unpaired) electrons. The van der Waals surface area contributed by atoms with Gasteiger partial charge in [0.25, 0.3) is 5.91 Å². The fourth-order valence-corrected chi connectivity index (χ4v) is 4.06. The van der Waals surface area contributed by atoms with Crippen molar-refractivity contribution in [3.8, 4) is 0 Å². The van der Waals surface area contributed by atoms with Crippen LogP contribution in [0.1, 0.15) is 73.0 Å². The molecule has 7 nitrogen and oxygen atoms in total. The minimum Gasteiger partial charge on any atom is -0.367 e. The number of aromatic nitrogens is 4. The third kappa shape index (κ3) is 3.84. The molecule has 1 aliphatic heterocycles. The number of anilines is 1. The van der Waals surface area contributed by atoms with Gasteiger partial charge in [-0.05, 0) is 40.5 Å². The number of nitrogens with zero attached hydrogens (tertiary/aromatic N) is 4. The first-order valence-electron chi connectivity index (χ1n) is 9.83. The third-order valence-electron chi connectivity index (χ3n) is 5.57. The van der Waals surface area contributed by atoms with Gasteiger partial charge in [-0.25, -0.2) is 4.68 Å². The van der Waals surface area contributed by atoms with Gasteiger partial charge in [-0.2, -0.15) is 23.4 Å². The van der Waals surface area contributed by atoms with E-state index >= 15 is 0 Å². The summed E-state index contributed by atoms with van der Waals surface area (Å²) in [7, 11) is 0. The van der Waals surface area contributed by atoms with Crippen molar-refractivity contribution in [2.24, 2.45) is 0 Å². The van der Waals surface area contributed by atoms with E-state index in [-0.39, 0.29) is 29.9 Å². The standard InChI is InChI=1S/C19H27F3N6O/c1-6-13-8-15(19(20,21)22)28-17(25-13)14(9-23-28)18(29)24-10(3)16-11(4)26-27(7-2)12(16)5/h9-10,13,15,25H,6-8H2,1-5H3,(H,24,29)/t10-,13+,15+/m1/s1. The zero-order valence-corrected chi connectivity index (χ0v) is 17.3. The summed E-state index contributed by atoms with van der Waals surface area (Å²) >= 11 is 0. The van der Waals surface area contributed by atoms with Gasteiger partial charge in [0.05, 0.1) is 17.9 Å². The summed E-state index contributed by atoms with van der Waals surface area (Å²) in [6.45, 7) is 10.2. The lowest BCUT2D eigenvalue weighted by atomic mass is 10.0. The Kier molecular flexibility index (Phi) is 5.64. The Morgan fingerprint density at radius 2 is 2.07 bits per heavy atom. The molecule has 29 heavy (non-hydrogen) atoms. The van der Waals surface area contributed by atoms with Crippen molar-refractivity contribution in [1.82, 2.24) is 24.9 Å². The fourth-order valence-electron chi connectivity index (χ4n) is 4.06. The maximum absolute atomic E-state index is 13.5. The maximum Gasteiger partial charge on any atom is 0.410 e. The number of amides is 1. The van der Waals surface area contributed by atoms with E-state index in [2.05, 4.69) is 20.8 Å². The van der Waals surface area contributed by atoms with Gasteiger partial charge in [0.2, 0.25) is 0 Å². The molecule has 0 bridgehead atoms. The van der Waals surface area contributed by atoms with Crippen molar-refractivity contribution in [3.63, 3.8) is 0 Å². The first-order chi connectivity index (χ1) is 13.6. The van der Waals surface area contributed by atoms with E-state index in [1.807, 2.05) is 39.3 Å². The quantitative estimate of drug-likeness (QED) is 0.781. The highest BCUT2D eigenvalue weighted by Gasteiger charge is 2.46. The normalized spacial score (nSPS) is 20.1. The van der Waals surface area contributed by atoms with Crippen molar-refractivity contribution >= 4 is 11.7 Å². The van der Waals surface area contributed by atoms with Gasteiger partial charge in [0.15, 0.2) is 6.04 Å². The molecule has 2 aromatic rings. The Hall–Kier alpha value is -2.52. The number of aryl methyl sites for hydroxylation is 2. The molecular weight excluding hydrogens is 385 g/mol. The summed E-state index contributed by atoms with van der Waals surface area (Å²) < 4.78 is 43.2.